The minimum Gasteiger partial charge on any atom is -0.461 e. The van der Waals surface area contributed by atoms with E-state index in [1.807, 2.05) is 0 Å². The first-order valence-corrected chi connectivity index (χ1v) is 1.40. The van der Waals surface area contributed by atoms with Gasteiger partial charge in [0.15, 0.2) is 6.26 Å². The molecule has 0 spiro atoms. The van der Waals surface area contributed by atoms with Gasteiger partial charge >= 0.3 is 0 Å². The maximum Gasteiger partial charge on any atom is 0.169 e. The highest BCUT2D eigenvalue weighted by Gasteiger charge is 1.61. The lowest BCUT2D eigenvalue weighted by molar-refractivity contribution is 0.558. The van der Waals surface area contributed by atoms with Crippen LogP contribution in [0.4, 0.5) is 0 Å². The molecule has 1 heteroatoms. The van der Waals surface area contributed by atoms with Crippen LogP contribution in [0, 0.1) is 6.26 Å². The van der Waals surface area contributed by atoms with E-state index in [2.05, 4.69) is 10.7 Å². The average Bonchev–Trinajstić information content (AvgIpc) is 1.76. The molecule has 0 aliphatic carbocycles. The summed E-state index contributed by atoms with van der Waals surface area (Å²) in [6.07, 6.45) is 4.06. The summed E-state index contributed by atoms with van der Waals surface area (Å²) in [4.78, 5) is 0. The molecule has 0 N–H and O–H groups in total. The van der Waals surface area contributed by atoms with Gasteiger partial charge in [-0.15, -0.1) is 0 Å². The second kappa shape index (κ2) is 0.931. The Labute approximate surface area is 30.2 Å². The zero-order valence-electron chi connectivity index (χ0n) is 2.64. The predicted octanol–water partition coefficient (Wildman–Crippen LogP) is 1.08. The second-order valence-electron chi connectivity index (χ2n) is 0.731. The Morgan fingerprint density at radius 1 is 1.60 bits per heavy atom. The van der Waals surface area contributed by atoms with Gasteiger partial charge < -0.3 is 4.42 Å². The number of hydrogen-bond donors (Lipinski definition) is 0. The summed E-state index contributed by atoms with van der Waals surface area (Å²) in [6, 6.07) is 3.49. The normalized spacial score (nSPS) is 8.00. The van der Waals surface area contributed by atoms with Crippen LogP contribution in [0.5, 0.6) is 0 Å². The molecule has 0 bridgehead atoms. The van der Waals surface area contributed by atoms with Crippen LogP contribution in [0.25, 0.3) is 0 Å². The molecule has 1 aromatic heterocycles. The quantitative estimate of drug-likeness (QED) is 0.442. The van der Waals surface area contributed by atoms with Crippen LogP contribution in [-0.4, -0.2) is 0 Å². The molecule has 0 aliphatic rings. The molecule has 1 rings (SSSR count). The van der Waals surface area contributed by atoms with Gasteiger partial charge in [-0.25, -0.2) is 0 Å². The number of furan rings is 1. The number of rotatable bonds is 0. The Bertz CT molecular complexity index is 60.1. The van der Waals surface area contributed by atoms with Gasteiger partial charge in [0.2, 0.25) is 0 Å². The third kappa shape index (κ3) is 0.293. The highest BCUT2D eigenvalue weighted by molar-refractivity contribution is 4.77. The highest BCUT2D eigenvalue weighted by atomic mass is 16.3. The molecule has 25 valence electrons. The molecule has 0 amide bonds. The van der Waals surface area contributed by atoms with E-state index >= 15 is 0 Å². The molecular weight excluding hydrogens is 64.0 g/mol. The molecule has 0 unspecified atom stereocenters. The lowest BCUT2D eigenvalue weighted by Gasteiger charge is -1.48. The van der Waals surface area contributed by atoms with Gasteiger partial charge in [0.25, 0.3) is 0 Å². The highest BCUT2D eigenvalue weighted by Crippen LogP contribution is 1.78. The van der Waals surface area contributed by atoms with Crippen LogP contribution in [0.2, 0.25) is 0 Å². The molecule has 0 saturated carbocycles. The van der Waals surface area contributed by atoms with Gasteiger partial charge in [0.05, 0.1) is 6.26 Å². The van der Waals surface area contributed by atoms with Gasteiger partial charge in [0, 0.05) is 0 Å². The van der Waals surface area contributed by atoms with E-state index in [4.69, 9.17) is 0 Å². The summed E-state index contributed by atoms with van der Waals surface area (Å²) in [5.41, 5.74) is 0. The van der Waals surface area contributed by atoms with Crippen molar-refractivity contribution in [2.45, 2.75) is 0 Å². The van der Waals surface area contributed by atoms with Crippen LogP contribution in [0.15, 0.2) is 22.8 Å². The van der Waals surface area contributed by atoms with E-state index in [0.717, 1.165) is 0 Å². The lowest BCUT2D eigenvalue weighted by atomic mass is 10.7. The third-order valence-electron chi connectivity index (χ3n) is 0.379. The van der Waals surface area contributed by atoms with Crippen LogP contribution in [0.3, 0.4) is 0 Å². The molecular formula is C4H3O. The zero-order valence-corrected chi connectivity index (χ0v) is 2.64. The molecule has 0 aromatic carbocycles. The summed E-state index contributed by atoms with van der Waals surface area (Å²) in [7, 11) is 0. The van der Waals surface area contributed by atoms with Crippen molar-refractivity contribution < 1.29 is 4.42 Å². The molecule has 1 nitrogen and oxygen atoms in total. The summed E-state index contributed by atoms with van der Waals surface area (Å²) < 4.78 is 4.46. The van der Waals surface area contributed by atoms with Gasteiger partial charge in [0.1, 0.15) is 0 Å². The van der Waals surface area contributed by atoms with Crippen molar-refractivity contribution in [1.82, 2.24) is 0 Å². The van der Waals surface area contributed by atoms with Crippen molar-refractivity contribution in [1.29, 1.82) is 0 Å². The average molecular weight is 67.1 g/mol. The van der Waals surface area contributed by atoms with Gasteiger partial charge in [-0.1, -0.05) is 0 Å². The largest absolute Gasteiger partial charge is 0.461 e. The smallest absolute Gasteiger partial charge is 0.169 e. The number of hydrogen-bond acceptors (Lipinski definition) is 1. The summed E-state index contributed by atoms with van der Waals surface area (Å²) in [6.45, 7) is 0. The molecule has 0 fully saturated rings. The van der Waals surface area contributed by atoms with Crippen LogP contribution in [-0.2, 0) is 0 Å². The molecule has 5 heavy (non-hydrogen) atoms. The zero-order chi connectivity index (χ0) is 3.54. The molecule has 0 atom stereocenters. The minimum atomic E-state index is 1.57. The Balaban J connectivity index is 3.13. The van der Waals surface area contributed by atoms with E-state index in [-0.39, 0.29) is 0 Å². The molecule has 0 saturated heterocycles. The van der Waals surface area contributed by atoms with Crippen molar-refractivity contribution in [2.24, 2.45) is 0 Å². The van der Waals surface area contributed by atoms with Gasteiger partial charge in [-0.3, -0.25) is 0 Å². The fraction of sp³-hybridized carbons (Fsp3) is 0. The first kappa shape index (κ1) is 2.51. The van der Waals surface area contributed by atoms with Gasteiger partial charge in [-0.05, 0) is 12.1 Å². The Hall–Kier alpha value is -0.720. The summed E-state index contributed by atoms with van der Waals surface area (Å²) >= 11 is 0. The fourth-order valence-electron chi connectivity index (χ4n) is 0.196. The Kier molecular flexibility index (Phi) is 0.468. The summed E-state index contributed by atoms with van der Waals surface area (Å²) in [5.74, 6) is 0. The van der Waals surface area contributed by atoms with Crippen LogP contribution in [0.1, 0.15) is 0 Å². The third-order valence-corrected chi connectivity index (χ3v) is 0.379. The summed E-state index contributed by atoms with van der Waals surface area (Å²) in [5, 5.41) is 0. The van der Waals surface area contributed by atoms with Crippen LogP contribution < -0.4 is 0 Å². The van der Waals surface area contributed by atoms with Crippen molar-refractivity contribution >= 4 is 0 Å². The van der Waals surface area contributed by atoms with Crippen LogP contribution >= 0.6 is 0 Å². The monoisotopic (exact) mass is 67.0 g/mol. The standard InChI is InChI=1S/C4H3O/c1-2-4-5-3-1/h1-3H. The van der Waals surface area contributed by atoms with E-state index in [1.165, 1.54) is 0 Å². The van der Waals surface area contributed by atoms with E-state index in [9.17, 15) is 0 Å². The van der Waals surface area contributed by atoms with E-state index in [0.29, 0.717) is 0 Å². The first-order chi connectivity index (χ1) is 2.50. The SMILES string of the molecule is [c]1ccco1. The van der Waals surface area contributed by atoms with Crippen molar-refractivity contribution in [3.8, 4) is 0 Å². The maximum absolute atomic E-state index is 4.46. The maximum atomic E-state index is 4.46. The molecule has 1 aromatic rings. The lowest BCUT2D eigenvalue weighted by Crippen LogP contribution is -1.19. The van der Waals surface area contributed by atoms with Gasteiger partial charge in [-0.2, -0.15) is 0 Å². The Morgan fingerprint density at radius 3 is 2.80 bits per heavy atom. The fourth-order valence-corrected chi connectivity index (χ4v) is 0.196. The molecule has 1 heterocycles. The van der Waals surface area contributed by atoms with E-state index in [1.54, 1.807) is 18.4 Å². The predicted molar refractivity (Wildman–Crippen MR) is 17.5 cm³/mol. The van der Waals surface area contributed by atoms with Crippen molar-refractivity contribution in [2.75, 3.05) is 0 Å². The van der Waals surface area contributed by atoms with E-state index < -0.39 is 0 Å². The second-order valence-corrected chi connectivity index (χ2v) is 0.731. The van der Waals surface area contributed by atoms with Crippen molar-refractivity contribution in [3.05, 3.63) is 24.7 Å². The topological polar surface area (TPSA) is 13.1 Å². The molecule has 0 aliphatic heterocycles. The first-order valence-electron chi connectivity index (χ1n) is 1.40. The van der Waals surface area contributed by atoms with Crippen molar-refractivity contribution in [3.63, 3.8) is 0 Å². The minimum absolute atomic E-state index is 1.57. The Morgan fingerprint density at radius 2 is 2.60 bits per heavy atom. The molecule has 1 radical (unpaired) electrons.